The van der Waals surface area contributed by atoms with E-state index in [4.69, 9.17) is 9.47 Å². The molecule has 5 heteroatoms. The van der Waals surface area contributed by atoms with E-state index in [1.807, 2.05) is 27.7 Å². The number of carbonyl (C=O) groups is 1. The summed E-state index contributed by atoms with van der Waals surface area (Å²) in [6.07, 6.45) is 0.714. The summed E-state index contributed by atoms with van der Waals surface area (Å²) < 4.78 is 10.5. The molecule has 0 radical (unpaired) electrons. The lowest BCUT2D eigenvalue weighted by atomic mass is 9.96. The van der Waals surface area contributed by atoms with Gasteiger partial charge in [-0.05, 0) is 47.6 Å². The van der Waals surface area contributed by atoms with Crippen molar-refractivity contribution in [3.8, 4) is 0 Å². The summed E-state index contributed by atoms with van der Waals surface area (Å²) >= 11 is 0. The molecule has 126 valence electrons. The fourth-order valence-corrected chi connectivity index (χ4v) is 2.56. The van der Waals surface area contributed by atoms with Crippen LogP contribution in [0.15, 0.2) is 0 Å². The second kappa shape index (κ2) is 10.1. The van der Waals surface area contributed by atoms with Gasteiger partial charge in [-0.15, -0.1) is 0 Å². The van der Waals surface area contributed by atoms with Gasteiger partial charge in [-0.2, -0.15) is 0 Å². The first-order valence-corrected chi connectivity index (χ1v) is 7.98. The topological polar surface area (TPSA) is 50.8 Å². The Morgan fingerprint density at radius 3 is 2.33 bits per heavy atom. The van der Waals surface area contributed by atoms with Gasteiger partial charge < -0.3 is 9.47 Å². The predicted octanol–water partition coefficient (Wildman–Crippen LogP) is 2.05. The van der Waals surface area contributed by atoms with Gasteiger partial charge in [0.05, 0.1) is 13.2 Å². The Labute approximate surface area is 130 Å². The third kappa shape index (κ3) is 7.25. The number of methoxy groups -OCH3 is 1. The SMILES string of the molecule is CCOC(=O)C(C)(CCN(CC)C(C)COC)NC(C)C. The Bertz CT molecular complexity index is 297. The number of nitrogens with zero attached hydrogens (tertiary/aromatic N) is 1. The Morgan fingerprint density at radius 1 is 1.29 bits per heavy atom. The van der Waals surface area contributed by atoms with E-state index in [1.54, 1.807) is 7.11 Å². The molecule has 0 saturated heterocycles. The molecule has 0 aliphatic carbocycles. The molecule has 0 aliphatic heterocycles. The summed E-state index contributed by atoms with van der Waals surface area (Å²) in [7, 11) is 1.72. The van der Waals surface area contributed by atoms with Crippen molar-refractivity contribution in [1.82, 2.24) is 10.2 Å². The van der Waals surface area contributed by atoms with Crippen LogP contribution in [0.4, 0.5) is 0 Å². The van der Waals surface area contributed by atoms with Crippen molar-refractivity contribution in [2.75, 3.05) is 33.4 Å². The molecule has 1 N–H and O–H groups in total. The summed E-state index contributed by atoms with van der Waals surface area (Å²) in [6.45, 7) is 15.0. The molecule has 5 nitrogen and oxygen atoms in total. The maximum absolute atomic E-state index is 12.3. The fraction of sp³-hybridized carbons (Fsp3) is 0.938. The maximum atomic E-state index is 12.3. The fourth-order valence-electron chi connectivity index (χ4n) is 2.56. The normalized spacial score (nSPS) is 16.0. The number of hydrogen-bond acceptors (Lipinski definition) is 5. The molecule has 21 heavy (non-hydrogen) atoms. The molecule has 0 bridgehead atoms. The van der Waals surface area contributed by atoms with Gasteiger partial charge >= 0.3 is 5.97 Å². The largest absolute Gasteiger partial charge is 0.465 e. The van der Waals surface area contributed by atoms with Crippen molar-refractivity contribution < 1.29 is 14.3 Å². The van der Waals surface area contributed by atoms with E-state index >= 15 is 0 Å². The maximum Gasteiger partial charge on any atom is 0.326 e. The third-order valence-electron chi connectivity index (χ3n) is 3.67. The van der Waals surface area contributed by atoms with Crippen LogP contribution in [0.25, 0.3) is 0 Å². The zero-order valence-corrected chi connectivity index (χ0v) is 14.9. The minimum absolute atomic E-state index is 0.172. The van der Waals surface area contributed by atoms with E-state index in [-0.39, 0.29) is 12.0 Å². The van der Waals surface area contributed by atoms with Crippen LogP contribution in [-0.2, 0) is 14.3 Å². The first-order chi connectivity index (χ1) is 9.80. The third-order valence-corrected chi connectivity index (χ3v) is 3.67. The molecule has 2 atom stereocenters. The zero-order valence-electron chi connectivity index (χ0n) is 14.9. The Balaban J connectivity index is 4.76. The quantitative estimate of drug-likeness (QED) is 0.592. The van der Waals surface area contributed by atoms with Crippen LogP contribution in [0.1, 0.15) is 48.0 Å². The highest BCUT2D eigenvalue weighted by atomic mass is 16.5. The number of rotatable bonds is 11. The minimum Gasteiger partial charge on any atom is -0.465 e. The average Bonchev–Trinajstić information content (AvgIpc) is 2.39. The van der Waals surface area contributed by atoms with Crippen molar-refractivity contribution in [2.45, 2.75) is 65.6 Å². The molecule has 0 fully saturated rings. The highest BCUT2D eigenvalue weighted by Gasteiger charge is 2.35. The van der Waals surface area contributed by atoms with Gasteiger partial charge in [0, 0.05) is 25.7 Å². The lowest BCUT2D eigenvalue weighted by molar-refractivity contribution is -0.151. The van der Waals surface area contributed by atoms with Gasteiger partial charge in [0.2, 0.25) is 0 Å². The number of ether oxygens (including phenoxy) is 2. The van der Waals surface area contributed by atoms with Crippen molar-refractivity contribution in [3.63, 3.8) is 0 Å². The van der Waals surface area contributed by atoms with Crippen molar-refractivity contribution in [2.24, 2.45) is 0 Å². The zero-order chi connectivity index (χ0) is 16.5. The van der Waals surface area contributed by atoms with E-state index in [1.165, 1.54) is 0 Å². The molecule has 0 aliphatic rings. The van der Waals surface area contributed by atoms with Gasteiger partial charge in [0.15, 0.2) is 0 Å². The molecule has 0 amide bonds. The summed E-state index contributed by atoms with van der Waals surface area (Å²) in [5.41, 5.74) is -0.648. The van der Waals surface area contributed by atoms with E-state index in [0.717, 1.165) is 13.1 Å². The Hall–Kier alpha value is -0.650. The number of carbonyl (C=O) groups excluding carboxylic acids is 1. The second-order valence-electron chi connectivity index (χ2n) is 6.03. The van der Waals surface area contributed by atoms with Gasteiger partial charge in [-0.25, -0.2) is 0 Å². The molecule has 0 aromatic rings. The van der Waals surface area contributed by atoms with Gasteiger partial charge in [0.25, 0.3) is 0 Å². The number of nitrogens with one attached hydrogen (secondary N) is 1. The van der Waals surface area contributed by atoms with E-state index in [0.29, 0.717) is 25.7 Å². The Kier molecular flexibility index (Phi) is 9.83. The second-order valence-corrected chi connectivity index (χ2v) is 6.03. The summed E-state index contributed by atoms with van der Waals surface area (Å²) in [5.74, 6) is -0.172. The Morgan fingerprint density at radius 2 is 1.90 bits per heavy atom. The summed E-state index contributed by atoms with van der Waals surface area (Å²) in [4.78, 5) is 14.6. The highest BCUT2D eigenvalue weighted by Crippen LogP contribution is 2.16. The molecular weight excluding hydrogens is 268 g/mol. The van der Waals surface area contributed by atoms with E-state index < -0.39 is 5.54 Å². The minimum atomic E-state index is -0.648. The van der Waals surface area contributed by atoms with Crippen molar-refractivity contribution >= 4 is 5.97 Å². The van der Waals surface area contributed by atoms with Gasteiger partial charge in [0.1, 0.15) is 5.54 Å². The standard InChI is InChI=1S/C16H34N2O3/c1-8-18(14(5)12-20-7)11-10-16(6,17-13(3)4)15(19)21-9-2/h13-14,17H,8-12H2,1-7H3. The lowest BCUT2D eigenvalue weighted by Crippen LogP contribution is -2.55. The molecule has 0 aromatic heterocycles. The lowest BCUT2D eigenvalue weighted by Gasteiger charge is -2.34. The predicted molar refractivity (Wildman–Crippen MR) is 86.5 cm³/mol. The molecule has 0 heterocycles. The molecule has 0 spiro atoms. The van der Waals surface area contributed by atoms with Crippen LogP contribution in [0.5, 0.6) is 0 Å². The van der Waals surface area contributed by atoms with E-state index in [2.05, 4.69) is 24.1 Å². The van der Waals surface area contributed by atoms with E-state index in [9.17, 15) is 4.79 Å². The smallest absolute Gasteiger partial charge is 0.326 e. The highest BCUT2D eigenvalue weighted by molar-refractivity contribution is 5.80. The monoisotopic (exact) mass is 302 g/mol. The van der Waals surface area contributed by atoms with Crippen LogP contribution in [0.2, 0.25) is 0 Å². The van der Waals surface area contributed by atoms with Gasteiger partial charge in [-0.1, -0.05) is 6.92 Å². The molecule has 2 unspecified atom stereocenters. The first kappa shape index (κ1) is 20.3. The van der Waals surface area contributed by atoms with Crippen LogP contribution < -0.4 is 5.32 Å². The number of hydrogen-bond donors (Lipinski definition) is 1. The average molecular weight is 302 g/mol. The molecular formula is C16H34N2O3. The molecule has 0 aromatic carbocycles. The number of likely N-dealkylation sites (N-methyl/N-ethyl adjacent to an activating group) is 1. The van der Waals surface area contributed by atoms with Crippen LogP contribution in [0.3, 0.4) is 0 Å². The molecule has 0 saturated carbocycles. The van der Waals surface area contributed by atoms with Crippen molar-refractivity contribution in [1.29, 1.82) is 0 Å². The summed E-state index contributed by atoms with van der Waals surface area (Å²) in [6, 6.07) is 0.566. The van der Waals surface area contributed by atoms with Crippen LogP contribution in [-0.4, -0.2) is 61.9 Å². The van der Waals surface area contributed by atoms with Crippen molar-refractivity contribution in [3.05, 3.63) is 0 Å². The van der Waals surface area contributed by atoms with Crippen LogP contribution in [0, 0.1) is 0 Å². The summed E-state index contributed by atoms with van der Waals surface area (Å²) in [5, 5.41) is 3.36. The van der Waals surface area contributed by atoms with Crippen LogP contribution >= 0.6 is 0 Å². The number of esters is 1. The molecule has 0 rings (SSSR count). The van der Waals surface area contributed by atoms with Gasteiger partial charge in [-0.3, -0.25) is 15.0 Å². The first-order valence-electron chi connectivity index (χ1n) is 7.98.